The molecule has 2 heterocycles. The number of rotatable bonds is 4. The number of likely N-dealkylation sites (tertiary alicyclic amines) is 1. The fourth-order valence-corrected chi connectivity index (χ4v) is 3.18. The Morgan fingerprint density at radius 2 is 2.30 bits per heavy atom. The summed E-state index contributed by atoms with van der Waals surface area (Å²) in [5.74, 6) is 0.0466. The van der Waals surface area contributed by atoms with Crippen molar-refractivity contribution in [1.82, 2.24) is 9.88 Å². The maximum absolute atomic E-state index is 12.7. The van der Waals surface area contributed by atoms with E-state index in [9.17, 15) is 4.79 Å². The summed E-state index contributed by atoms with van der Waals surface area (Å²) in [7, 11) is 0. The second-order valence-electron chi connectivity index (χ2n) is 5.94. The highest BCUT2D eigenvalue weighted by Gasteiger charge is 2.22. The standard InChI is InChI=1S/C17H22N2O3S/c1-2-10-21-13-4-3-8-19(9-7-13)16(20)12-5-6-14-15(11-12)22-17(23)18-14/h5-6,11,13H,2-4,7-10H2,1H3,(H,18,23). The van der Waals surface area contributed by atoms with Gasteiger partial charge in [-0.3, -0.25) is 4.79 Å². The molecular formula is C17H22N2O3S. The molecule has 23 heavy (non-hydrogen) atoms. The molecule has 1 unspecified atom stereocenters. The van der Waals surface area contributed by atoms with Gasteiger partial charge in [-0.05, 0) is 56.1 Å². The van der Waals surface area contributed by atoms with Gasteiger partial charge in [0.15, 0.2) is 5.58 Å². The molecule has 0 spiro atoms. The van der Waals surface area contributed by atoms with Gasteiger partial charge in [-0.25, -0.2) is 0 Å². The molecule has 1 saturated heterocycles. The Bertz CT molecular complexity index is 737. The van der Waals surface area contributed by atoms with Crippen molar-refractivity contribution >= 4 is 29.2 Å². The summed E-state index contributed by atoms with van der Waals surface area (Å²) in [6.07, 6.45) is 4.21. The lowest BCUT2D eigenvalue weighted by Crippen LogP contribution is -2.32. The van der Waals surface area contributed by atoms with Crippen molar-refractivity contribution in [3.05, 3.63) is 28.6 Å². The van der Waals surface area contributed by atoms with E-state index in [2.05, 4.69) is 11.9 Å². The normalized spacial score (nSPS) is 19.0. The maximum atomic E-state index is 12.7. The molecule has 2 aromatic rings. The van der Waals surface area contributed by atoms with Gasteiger partial charge in [0, 0.05) is 25.3 Å². The number of fused-ring (bicyclic) bond motifs is 1. The number of carbonyl (C=O) groups is 1. The lowest BCUT2D eigenvalue weighted by atomic mass is 10.1. The van der Waals surface area contributed by atoms with Crippen molar-refractivity contribution in [2.75, 3.05) is 19.7 Å². The highest BCUT2D eigenvalue weighted by Crippen LogP contribution is 2.20. The summed E-state index contributed by atoms with van der Waals surface area (Å²) in [5, 5.41) is 0. The van der Waals surface area contributed by atoms with Crippen LogP contribution in [0.5, 0.6) is 0 Å². The largest absolute Gasteiger partial charge is 0.429 e. The number of aromatic amines is 1. The number of oxazole rings is 1. The van der Waals surface area contributed by atoms with Gasteiger partial charge in [-0.15, -0.1) is 0 Å². The number of nitrogens with zero attached hydrogens (tertiary/aromatic N) is 1. The third-order valence-corrected chi connectivity index (χ3v) is 4.37. The molecule has 1 fully saturated rings. The molecule has 1 aliphatic rings. The molecule has 0 bridgehead atoms. The lowest BCUT2D eigenvalue weighted by molar-refractivity contribution is 0.0432. The fraction of sp³-hybridized carbons (Fsp3) is 0.529. The van der Waals surface area contributed by atoms with Crippen LogP contribution in [0.2, 0.25) is 0 Å². The summed E-state index contributed by atoms with van der Waals surface area (Å²) >= 11 is 4.98. The highest BCUT2D eigenvalue weighted by atomic mass is 32.1. The Hall–Kier alpha value is -1.66. The molecule has 0 radical (unpaired) electrons. The molecule has 1 aliphatic heterocycles. The summed E-state index contributed by atoms with van der Waals surface area (Å²) < 4.78 is 11.2. The highest BCUT2D eigenvalue weighted by molar-refractivity contribution is 7.71. The lowest BCUT2D eigenvalue weighted by Gasteiger charge is -2.20. The Balaban J connectivity index is 1.70. The zero-order chi connectivity index (χ0) is 16.2. The SMILES string of the molecule is CCCOC1CCCN(C(=O)c2ccc3[nH]c(=S)oc3c2)CC1. The van der Waals surface area contributed by atoms with E-state index < -0.39 is 0 Å². The molecule has 1 N–H and O–H groups in total. The number of benzene rings is 1. The molecule has 1 aromatic carbocycles. The van der Waals surface area contributed by atoms with Crippen LogP contribution in [0, 0.1) is 4.84 Å². The van der Waals surface area contributed by atoms with Crippen LogP contribution in [0.25, 0.3) is 11.1 Å². The van der Waals surface area contributed by atoms with Crippen LogP contribution in [0.1, 0.15) is 43.0 Å². The van der Waals surface area contributed by atoms with E-state index in [0.29, 0.717) is 16.0 Å². The third-order valence-electron chi connectivity index (χ3n) is 4.19. The zero-order valence-electron chi connectivity index (χ0n) is 13.3. The fourth-order valence-electron chi connectivity index (χ4n) is 2.98. The molecule has 124 valence electrons. The van der Waals surface area contributed by atoms with Crippen molar-refractivity contribution < 1.29 is 13.9 Å². The Morgan fingerprint density at radius 1 is 1.43 bits per heavy atom. The number of H-pyrrole nitrogens is 1. The van der Waals surface area contributed by atoms with Crippen LogP contribution in [0.15, 0.2) is 22.6 Å². The number of amides is 1. The predicted molar refractivity (Wildman–Crippen MR) is 91.2 cm³/mol. The molecular weight excluding hydrogens is 312 g/mol. The van der Waals surface area contributed by atoms with Gasteiger partial charge < -0.3 is 19.0 Å². The van der Waals surface area contributed by atoms with Crippen LogP contribution < -0.4 is 0 Å². The van der Waals surface area contributed by atoms with Gasteiger partial charge in [-0.1, -0.05) is 6.92 Å². The number of carbonyl (C=O) groups excluding carboxylic acids is 1. The van der Waals surface area contributed by atoms with Crippen molar-refractivity contribution in [3.63, 3.8) is 0 Å². The first-order chi connectivity index (χ1) is 11.2. The van der Waals surface area contributed by atoms with E-state index in [-0.39, 0.29) is 12.0 Å². The van der Waals surface area contributed by atoms with Crippen LogP contribution in [-0.4, -0.2) is 41.6 Å². The molecule has 3 rings (SSSR count). The number of hydrogen-bond acceptors (Lipinski definition) is 4. The summed E-state index contributed by atoms with van der Waals surface area (Å²) in [6.45, 7) is 4.43. The quantitative estimate of drug-likeness (QED) is 0.861. The monoisotopic (exact) mass is 334 g/mol. The van der Waals surface area contributed by atoms with Crippen molar-refractivity contribution in [1.29, 1.82) is 0 Å². The van der Waals surface area contributed by atoms with E-state index in [1.807, 2.05) is 17.0 Å². The molecule has 1 aromatic heterocycles. The topological polar surface area (TPSA) is 58.5 Å². The number of hydrogen-bond donors (Lipinski definition) is 1. The second-order valence-corrected chi connectivity index (χ2v) is 6.31. The smallest absolute Gasteiger partial charge is 0.266 e. The Morgan fingerprint density at radius 3 is 3.13 bits per heavy atom. The van der Waals surface area contributed by atoms with Gasteiger partial charge in [0.1, 0.15) is 0 Å². The van der Waals surface area contributed by atoms with Crippen molar-refractivity contribution in [2.24, 2.45) is 0 Å². The molecule has 1 atom stereocenters. The minimum atomic E-state index is 0.0466. The van der Waals surface area contributed by atoms with Gasteiger partial charge in [-0.2, -0.15) is 0 Å². The number of aromatic nitrogens is 1. The van der Waals surface area contributed by atoms with E-state index in [0.717, 1.165) is 50.9 Å². The van der Waals surface area contributed by atoms with Crippen LogP contribution in [-0.2, 0) is 4.74 Å². The Labute approximate surface area is 140 Å². The van der Waals surface area contributed by atoms with Crippen molar-refractivity contribution in [3.8, 4) is 0 Å². The second kappa shape index (κ2) is 7.27. The minimum absolute atomic E-state index is 0.0466. The number of ether oxygens (including phenoxy) is 1. The van der Waals surface area contributed by atoms with Crippen LogP contribution in [0.4, 0.5) is 0 Å². The Kier molecular flexibility index (Phi) is 5.13. The van der Waals surface area contributed by atoms with Crippen LogP contribution >= 0.6 is 12.2 Å². The van der Waals surface area contributed by atoms with Crippen LogP contribution in [0.3, 0.4) is 0 Å². The molecule has 1 amide bonds. The first kappa shape index (κ1) is 16.2. The predicted octanol–water partition coefficient (Wildman–Crippen LogP) is 3.91. The molecule has 5 nitrogen and oxygen atoms in total. The van der Waals surface area contributed by atoms with Gasteiger partial charge in [0.25, 0.3) is 10.7 Å². The first-order valence-corrected chi connectivity index (χ1v) is 8.62. The number of nitrogens with one attached hydrogen (secondary N) is 1. The maximum Gasteiger partial charge on any atom is 0.266 e. The van der Waals surface area contributed by atoms with E-state index in [1.54, 1.807) is 6.07 Å². The van der Waals surface area contributed by atoms with E-state index in [1.165, 1.54) is 0 Å². The molecule has 0 aliphatic carbocycles. The summed E-state index contributed by atoms with van der Waals surface area (Å²) in [5.41, 5.74) is 2.08. The zero-order valence-corrected chi connectivity index (χ0v) is 14.2. The summed E-state index contributed by atoms with van der Waals surface area (Å²) in [6, 6.07) is 5.42. The van der Waals surface area contributed by atoms with Crippen molar-refractivity contribution in [2.45, 2.75) is 38.7 Å². The molecule has 6 heteroatoms. The minimum Gasteiger partial charge on any atom is -0.429 e. The van der Waals surface area contributed by atoms with Gasteiger partial charge in [0.2, 0.25) is 0 Å². The molecule has 0 saturated carbocycles. The summed E-state index contributed by atoms with van der Waals surface area (Å²) in [4.78, 5) is 17.9. The van der Waals surface area contributed by atoms with Gasteiger partial charge >= 0.3 is 0 Å². The first-order valence-electron chi connectivity index (χ1n) is 8.21. The van der Waals surface area contributed by atoms with E-state index >= 15 is 0 Å². The average Bonchev–Trinajstić information content (AvgIpc) is 2.77. The third kappa shape index (κ3) is 3.82. The van der Waals surface area contributed by atoms with Gasteiger partial charge in [0.05, 0.1) is 11.6 Å². The van der Waals surface area contributed by atoms with E-state index in [4.69, 9.17) is 21.4 Å². The average molecular weight is 334 g/mol.